The van der Waals surface area contributed by atoms with Gasteiger partial charge in [-0.25, -0.2) is 0 Å². The van der Waals surface area contributed by atoms with Crippen molar-refractivity contribution in [1.82, 2.24) is 0 Å². The Morgan fingerprint density at radius 3 is 1.57 bits per heavy atom. The van der Waals surface area contributed by atoms with Gasteiger partial charge < -0.3 is 9.47 Å². The van der Waals surface area contributed by atoms with Crippen LogP contribution in [0.15, 0.2) is 0 Å². The lowest BCUT2D eigenvalue weighted by Gasteiger charge is -2.28. The molecule has 0 aromatic heterocycles. The molecule has 4 heteroatoms. The molecule has 0 N–H and O–H groups in total. The summed E-state index contributed by atoms with van der Waals surface area (Å²) < 4.78 is 11.2. The lowest BCUT2D eigenvalue weighted by molar-refractivity contribution is -0.147. The molecule has 176 valence electrons. The zero-order chi connectivity index (χ0) is 22.2. The van der Waals surface area contributed by atoms with E-state index >= 15 is 0 Å². The summed E-state index contributed by atoms with van der Waals surface area (Å²) in [6.45, 7) is 9.87. The van der Waals surface area contributed by atoms with Crippen LogP contribution >= 0.6 is 0 Å². The van der Waals surface area contributed by atoms with Crippen molar-refractivity contribution in [3.8, 4) is 0 Å². The number of carbonyl (C=O) groups is 2. The smallest absolute Gasteiger partial charge is 0.306 e. The molecule has 0 spiro atoms. The molecule has 0 radical (unpaired) electrons. The van der Waals surface area contributed by atoms with Crippen LogP contribution in [0, 0.1) is 23.7 Å². The minimum Gasteiger partial charge on any atom is -0.465 e. The molecular weight excluding hydrogens is 376 g/mol. The first kappa shape index (κ1) is 27.0. The fourth-order valence-electron chi connectivity index (χ4n) is 4.58. The van der Waals surface area contributed by atoms with E-state index in [9.17, 15) is 9.59 Å². The molecule has 4 atom stereocenters. The van der Waals surface area contributed by atoms with Crippen LogP contribution in [-0.4, -0.2) is 25.2 Å². The topological polar surface area (TPSA) is 52.6 Å². The van der Waals surface area contributed by atoms with Crippen LogP contribution in [0.25, 0.3) is 0 Å². The summed E-state index contributed by atoms with van der Waals surface area (Å²) in [6.07, 6.45) is 14.4. The van der Waals surface area contributed by atoms with Gasteiger partial charge in [0.25, 0.3) is 0 Å². The molecule has 0 saturated heterocycles. The molecule has 0 bridgehead atoms. The highest BCUT2D eigenvalue weighted by atomic mass is 16.5. The first-order valence-corrected chi connectivity index (χ1v) is 12.8. The SMILES string of the molecule is CCCCC(CC)COC(=O)C[C@H]1CCC[C@@H](CC(=O)OCC(CC)CCCC)C1. The Hall–Kier alpha value is -1.06. The Balaban J connectivity index is 2.30. The third-order valence-electron chi connectivity index (χ3n) is 6.85. The minimum absolute atomic E-state index is 0.0557. The molecule has 0 aromatic rings. The number of rotatable bonds is 16. The van der Waals surface area contributed by atoms with E-state index in [-0.39, 0.29) is 11.9 Å². The predicted octanol–water partition coefficient (Wildman–Crippen LogP) is 7.09. The van der Waals surface area contributed by atoms with Crippen molar-refractivity contribution in [2.45, 2.75) is 118 Å². The van der Waals surface area contributed by atoms with Gasteiger partial charge in [-0.15, -0.1) is 0 Å². The molecule has 1 aliphatic carbocycles. The molecule has 0 aliphatic heterocycles. The highest BCUT2D eigenvalue weighted by Gasteiger charge is 2.27. The summed E-state index contributed by atoms with van der Waals surface area (Å²) in [5.41, 5.74) is 0. The zero-order valence-electron chi connectivity index (χ0n) is 20.3. The Morgan fingerprint density at radius 1 is 0.767 bits per heavy atom. The van der Waals surface area contributed by atoms with Crippen molar-refractivity contribution >= 4 is 11.9 Å². The number of esters is 2. The summed E-state index contributed by atoms with van der Waals surface area (Å²) in [7, 11) is 0. The van der Waals surface area contributed by atoms with E-state index in [0.29, 0.717) is 49.7 Å². The van der Waals surface area contributed by atoms with Gasteiger partial charge in [-0.3, -0.25) is 9.59 Å². The van der Waals surface area contributed by atoms with Gasteiger partial charge in [0.2, 0.25) is 0 Å². The van der Waals surface area contributed by atoms with E-state index < -0.39 is 0 Å². The number of hydrogen-bond acceptors (Lipinski definition) is 4. The Kier molecular flexibility index (Phi) is 14.9. The highest BCUT2D eigenvalue weighted by Crippen LogP contribution is 2.33. The van der Waals surface area contributed by atoms with Crippen molar-refractivity contribution < 1.29 is 19.1 Å². The molecule has 1 rings (SSSR count). The number of hydrogen-bond donors (Lipinski definition) is 0. The van der Waals surface area contributed by atoms with Gasteiger partial charge in [0, 0.05) is 12.8 Å². The van der Waals surface area contributed by atoms with E-state index in [1.54, 1.807) is 0 Å². The van der Waals surface area contributed by atoms with Gasteiger partial charge in [0.15, 0.2) is 0 Å². The summed E-state index contributed by atoms with van der Waals surface area (Å²) in [6, 6.07) is 0. The Morgan fingerprint density at radius 2 is 1.20 bits per heavy atom. The second kappa shape index (κ2) is 16.6. The molecule has 0 heterocycles. The molecule has 1 aliphatic rings. The van der Waals surface area contributed by atoms with E-state index in [4.69, 9.17) is 9.47 Å². The van der Waals surface area contributed by atoms with Crippen LogP contribution in [0.4, 0.5) is 0 Å². The molecule has 4 nitrogen and oxygen atoms in total. The third kappa shape index (κ3) is 12.0. The average molecular weight is 425 g/mol. The Labute approximate surface area is 185 Å². The lowest BCUT2D eigenvalue weighted by Crippen LogP contribution is -2.23. The molecule has 1 saturated carbocycles. The van der Waals surface area contributed by atoms with Gasteiger partial charge in [0.05, 0.1) is 13.2 Å². The largest absolute Gasteiger partial charge is 0.465 e. The third-order valence-corrected chi connectivity index (χ3v) is 6.85. The summed E-state index contributed by atoms with van der Waals surface area (Å²) in [4.78, 5) is 24.6. The highest BCUT2D eigenvalue weighted by molar-refractivity contribution is 5.70. The van der Waals surface area contributed by atoms with E-state index in [1.807, 2.05) is 0 Å². The van der Waals surface area contributed by atoms with Crippen molar-refractivity contribution in [3.63, 3.8) is 0 Å². The van der Waals surface area contributed by atoms with E-state index in [1.165, 1.54) is 25.7 Å². The van der Waals surface area contributed by atoms with Gasteiger partial charge in [-0.05, 0) is 55.8 Å². The maximum atomic E-state index is 12.3. The van der Waals surface area contributed by atoms with Crippen LogP contribution in [0.3, 0.4) is 0 Å². The first-order valence-electron chi connectivity index (χ1n) is 12.8. The molecule has 0 amide bonds. The number of ether oxygens (including phenoxy) is 2. The average Bonchev–Trinajstić information content (AvgIpc) is 2.74. The van der Waals surface area contributed by atoms with Crippen molar-refractivity contribution in [1.29, 1.82) is 0 Å². The molecule has 2 unspecified atom stereocenters. The maximum absolute atomic E-state index is 12.3. The van der Waals surface area contributed by atoms with Gasteiger partial charge in [-0.2, -0.15) is 0 Å². The van der Waals surface area contributed by atoms with Crippen molar-refractivity contribution in [2.24, 2.45) is 23.7 Å². The minimum atomic E-state index is -0.0557. The standard InChI is InChI=1S/C26H48O4/c1-5-9-12-21(7-3)19-29-25(27)17-23-14-11-15-24(16-23)18-26(28)30-20-22(8-4)13-10-6-2/h21-24H,5-20H2,1-4H3/t21?,22?,23-,24+. The summed E-state index contributed by atoms with van der Waals surface area (Å²) in [5.74, 6) is 1.58. The number of unbranched alkanes of at least 4 members (excludes halogenated alkanes) is 2. The second-order valence-corrected chi connectivity index (χ2v) is 9.51. The van der Waals surface area contributed by atoms with E-state index in [0.717, 1.165) is 51.4 Å². The fourth-order valence-corrected chi connectivity index (χ4v) is 4.58. The van der Waals surface area contributed by atoms with Crippen LogP contribution in [-0.2, 0) is 19.1 Å². The van der Waals surface area contributed by atoms with Crippen LogP contribution < -0.4 is 0 Å². The monoisotopic (exact) mass is 424 g/mol. The van der Waals surface area contributed by atoms with Crippen LogP contribution in [0.5, 0.6) is 0 Å². The maximum Gasteiger partial charge on any atom is 0.306 e. The normalized spacial score (nSPS) is 21.1. The molecule has 0 aromatic carbocycles. The predicted molar refractivity (Wildman–Crippen MR) is 123 cm³/mol. The number of carbonyl (C=O) groups excluding carboxylic acids is 2. The summed E-state index contributed by atoms with van der Waals surface area (Å²) in [5, 5.41) is 0. The second-order valence-electron chi connectivity index (χ2n) is 9.51. The first-order chi connectivity index (χ1) is 14.5. The lowest BCUT2D eigenvalue weighted by atomic mass is 9.78. The molecule has 1 fully saturated rings. The zero-order valence-corrected chi connectivity index (χ0v) is 20.3. The van der Waals surface area contributed by atoms with E-state index in [2.05, 4.69) is 27.7 Å². The quantitative estimate of drug-likeness (QED) is 0.248. The van der Waals surface area contributed by atoms with Gasteiger partial charge in [0.1, 0.15) is 0 Å². The van der Waals surface area contributed by atoms with Crippen molar-refractivity contribution in [3.05, 3.63) is 0 Å². The molecule has 30 heavy (non-hydrogen) atoms. The van der Waals surface area contributed by atoms with Gasteiger partial charge in [-0.1, -0.05) is 72.6 Å². The van der Waals surface area contributed by atoms with Crippen LogP contribution in [0.1, 0.15) is 118 Å². The Bertz CT molecular complexity index is 422. The van der Waals surface area contributed by atoms with Crippen molar-refractivity contribution in [2.75, 3.05) is 13.2 Å². The van der Waals surface area contributed by atoms with Crippen LogP contribution in [0.2, 0.25) is 0 Å². The fraction of sp³-hybridized carbons (Fsp3) is 0.923. The molecular formula is C26H48O4. The van der Waals surface area contributed by atoms with Gasteiger partial charge >= 0.3 is 11.9 Å². The summed E-state index contributed by atoms with van der Waals surface area (Å²) >= 11 is 0.